The molecular formula is C12H19N3O. The Hall–Kier alpha value is -1.42. The summed E-state index contributed by atoms with van der Waals surface area (Å²) in [6.45, 7) is 4.94. The van der Waals surface area contributed by atoms with Crippen LogP contribution in [0.25, 0.3) is 0 Å². The molecule has 0 unspecified atom stereocenters. The Morgan fingerprint density at radius 3 is 2.75 bits per heavy atom. The predicted molar refractivity (Wildman–Crippen MR) is 63.6 cm³/mol. The minimum atomic E-state index is 0.0863. The second-order valence-electron chi connectivity index (χ2n) is 3.98. The van der Waals surface area contributed by atoms with Gasteiger partial charge in [-0.15, -0.1) is 0 Å². The summed E-state index contributed by atoms with van der Waals surface area (Å²) in [6, 6.07) is 5.88. The van der Waals surface area contributed by atoms with E-state index in [1.165, 1.54) is 0 Å². The van der Waals surface area contributed by atoms with Gasteiger partial charge in [-0.05, 0) is 26.0 Å². The lowest BCUT2D eigenvalue weighted by Crippen LogP contribution is -2.37. The molecule has 0 bridgehead atoms. The van der Waals surface area contributed by atoms with Crippen molar-refractivity contribution in [1.82, 2.24) is 9.88 Å². The van der Waals surface area contributed by atoms with Crippen LogP contribution in [0.1, 0.15) is 26.0 Å². The van der Waals surface area contributed by atoms with Gasteiger partial charge in [-0.3, -0.25) is 9.78 Å². The lowest BCUT2D eigenvalue weighted by atomic mass is 10.2. The minimum absolute atomic E-state index is 0.0863. The molecule has 0 radical (unpaired) electrons. The lowest BCUT2D eigenvalue weighted by molar-refractivity contribution is -0.133. The summed E-state index contributed by atoms with van der Waals surface area (Å²) in [5.74, 6) is 0.0863. The number of nitrogens with two attached hydrogens (primary N) is 1. The fraction of sp³-hybridized carbons (Fsp3) is 0.500. The molecule has 2 N–H and O–H groups in total. The predicted octanol–water partition coefficient (Wildman–Crippen LogP) is 1.17. The summed E-state index contributed by atoms with van der Waals surface area (Å²) >= 11 is 0. The van der Waals surface area contributed by atoms with Crippen LogP contribution in [0.15, 0.2) is 24.4 Å². The van der Waals surface area contributed by atoms with Crippen LogP contribution in [-0.4, -0.2) is 28.4 Å². The standard InChI is InChI=1S/C12H19N3O/c1-10(2)15(12(16)6-7-13)9-11-5-3-4-8-14-11/h3-5,8,10H,6-7,9,13H2,1-2H3. The van der Waals surface area contributed by atoms with E-state index < -0.39 is 0 Å². The summed E-state index contributed by atoms with van der Waals surface area (Å²) < 4.78 is 0. The highest BCUT2D eigenvalue weighted by Crippen LogP contribution is 2.07. The molecule has 0 saturated heterocycles. The van der Waals surface area contributed by atoms with Gasteiger partial charge >= 0.3 is 0 Å². The summed E-state index contributed by atoms with van der Waals surface area (Å²) in [6.07, 6.45) is 2.13. The molecule has 0 fully saturated rings. The Kier molecular flexibility index (Phi) is 4.92. The summed E-state index contributed by atoms with van der Waals surface area (Å²) in [5, 5.41) is 0. The van der Waals surface area contributed by atoms with E-state index in [9.17, 15) is 4.79 Å². The van der Waals surface area contributed by atoms with E-state index in [0.717, 1.165) is 5.69 Å². The van der Waals surface area contributed by atoms with Crippen molar-refractivity contribution in [1.29, 1.82) is 0 Å². The van der Waals surface area contributed by atoms with Crippen molar-refractivity contribution < 1.29 is 4.79 Å². The zero-order chi connectivity index (χ0) is 12.0. The van der Waals surface area contributed by atoms with Crippen LogP contribution in [0, 0.1) is 0 Å². The molecule has 88 valence electrons. The third-order valence-electron chi connectivity index (χ3n) is 2.36. The first-order valence-corrected chi connectivity index (χ1v) is 5.54. The first-order chi connectivity index (χ1) is 7.65. The lowest BCUT2D eigenvalue weighted by Gasteiger charge is -2.26. The zero-order valence-corrected chi connectivity index (χ0v) is 9.89. The number of hydrogen-bond donors (Lipinski definition) is 1. The van der Waals surface area contributed by atoms with Crippen molar-refractivity contribution >= 4 is 5.91 Å². The van der Waals surface area contributed by atoms with Gasteiger partial charge in [0, 0.05) is 25.2 Å². The number of hydrogen-bond acceptors (Lipinski definition) is 3. The third-order valence-corrected chi connectivity index (χ3v) is 2.36. The molecular weight excluding hydrogens is 202 g/mol. The number of aromatic nitrogens is 1. The van der Waals surface area contributed by atoms with Crippen molar-refractivity contribution in [3.05, 3.63) is 30.1 Å². The molecule has 1 rings (SSSR count). The van der Waals surface area contributed by atoms with Gasteiger partial charge in [-0.1, -0.05) is 6.07 Å². The van der Waals surface area contributed by atoms with Crippen molar-refractivity contribution in [2.45, 2.75) is 32.9 Å². The average molecular weight is 221 g/mol. The van der Waals surface area contributed by atoms with Crippen LogP contribution in [0.3, 0.4) is 0 Å². The van der Waals surface area contributed by atoms with E-state index in [2.05, 4.69) is 4.98 Å². The van der Waals surface area contributed by atoms with Crippen molar-refractivity contribution in [3.8, 4) is 0 Å². The second kappa shape index (κ2) is 6.23. The maximum absolute atomic E-state index is 11.8. The van der Waals surface area contributed by atoms with Crippen LogP contribution in [0.2, 0.25) is 0 Å². The minimum Gasteiger partial charge on any atom is -0.334 e. The number of carbonyl (C=O) groups is 1. The summed E-state index contributed by atoms with van der Waals surface area (Å²) in [4.78, 5) is 17.8. The van der Waals surface area contributed by atoms with Crippen LogP contribution in [-0.2, 0) is 11.3 Å². The molecule has 0 spiro atoms. The van der Waals surface area contributed by atoms with E-state index in [0.29, 0.717) is 19.5 Å². The molecule has 4 heteroatoms. The molecule has 0 saturated carbocycles. The van der Waals surface area contributed by atoms with E-state index in [-0.39, 0.29) is 11.9 Å². The number of carbonyl (C=O) groups excluding carboxylic acids is 1. The van der Waals surface area contributed by atoms with Gasteiger partial charge < -0.3 is 10.6 Å². The van der Waals surface area contributed by atoms with E-state index in [1.54, 1.807) is 11.1 Å². The molecule has 0 atom stereocenters. The number of nitrogens with zero attached hydrogens (tertiary/aromatic N) is 2. The van der Waals surface area contributed by atoms with Gasteiger partial charge in [-0.2, -0.15) is 0 Å². The molecule has 0 aliphatic rings. The average Bonchev–Trinajstić information content (AvgIpc) is 2.27. The molecule has 1 amide bonds. The van der Waals surface area contributed by atoms with Crippen LogP contribution < -0.4 is 5.73 Å². The van der Waals surface area contributed by atoms with Gasteiger partial charge in [0.05, 0.1) is 12.2 Å². The van der Waals surface area contributed by atoms with E-state index in [1.807, 2.05) is 32.0 Å². The largest absolute Gasteiger partial charge is 0.334 e. The fourth-order valence-electron chi connectivity index (χ4n) is 1.49. The SMILES string of the molecule is CC(C)N(Cc1ccccn1)C(=O)CCN. The van der Waals surface area contributed by atoms with Crippen molar-refractivity contribution in [2.24, 2.45) is 5.73 Å². The van der Waals surface area contributed by atoms with Crippen LogP contribution in [0.5, 0.6) is 0 Å². The van der Waals surface area contributed by atoms with Crippen molar-refractivity contribution in [2.75, 3.05) is 6.54 Å². The first-order valence-electron chi connectivity index (χ1n) is 5.54. The van der Waals surface area contributed by atoms with E-state index in [4.69, 9.17) is 5.73 Å². The second-order valence-corrected chi connectivity index (χ2v) is 3.98. The van der Waals surface area contributed by atoms with Crippen LogP contribution in [0.4, 0.5) is 0 Å². The number of pyridine rings is 1. The molecule has 0 aliphatic heterocycles. The highest BCUT2D eigenvalue weighted by Gasteiger charge is 2.16. The fourth-order valence-corrected chi connectivity index (χ4v) is 1.49. The normalized spacial score (nSPS) is 10.5. The Bertz CT molecular complexity index is 324. The van der Waals surface area contributed by atoms with Gasteiger partial charge in [0.1, 0.15) is 0 Å². The molecule has 1 heterocycles. The first kappa shape index (κ1) is 12.6. The Morgan fingerprint density at radius 2 is 2.25 bits per heavy atom. The smallest absolute Gasteiger partial charge is 0.224 e. The molecule has 0 aliphatic carbocycles. The maximum Gasteiger partial charge on any atom is 0.224 e. The Morgan fingerprint density at radius 1 is 1.50 bits per heavy atom. The van der Waals surface area contributed by atoms with Crippen LogP contribution >= 0.6 is 0 Å². The van der Waals surface area contributed by atoms with Gasteiger partial charge in [0.2, 0.25) is 5.91 Å². The summed E-state index contributed by atoms with van der Waals surface area (Å²) in [7, 11) is 0. The number of amides is 1. The molecule has 1 aromatic rings. The topological polar surface area (TPSA) is 59.2 Å². The molecule has 0 aromatic carbocycles. The van der Waals surface area contributed by atoms with E-state index >= 15 is 0 Å². The quantitative estimate of drug-likeness (QED) is 0.812. The highest BCUT2D eigenvalue weighted by atomic mass is 16.2. The van der Waals surface area contributed by atoms with Gasteiger partial charge in [0.15, 0.2) is 0 Å². The maximum atomic E-state index is 11.8. The molecule has 4 nitrogen and oxygen atoms in total. The summed E-state index contributed by atoms with van der Waals surface area (Å²) in [5.41, 5.74) is 6.30. The Labute approximate surface area is 96.5 Å². The zero-order valence-electron chi connectivity index (χ0n) is 9.89. The van der Waals surface area contributed by atoms with Crippen molar-refractivity contribution in [3.63, 3.8) is 0 Å². The highest BCUT2D eigenvalue weighted by molar-refractivity contribution is 5.76. The monoisotopic (exact) mass is 221 g/mol. The Balaban J connectivity index is 2.69. The number of rotatable bonds is 5. The third kappa shape index (κ3) is 3.62. The van der Waals surface area contributed by atoms with Gasteiger partial charge in [0.25, 0.3) is 0 Å². The van der Waals surface area contributed by atoms with Gasteiger partial charge in [-0.25, -0.2) is 0 Å². The molecule has 1 aromatic heterocycles. The molecule has 16 heavy (non-hydrogen) atoms.